The van der Waals surface area contributed by atoms with Crippen LogP contribution in [0.4, 0.5) is 5.69 Å². The van der Waals surface area contributed by atoms with E-state index in [1.165, 1.54) is 0 Å². The summed E-state index contributed by atoms with van der Waals surface area (Å²) in [5.74, 6) is 0.361. The standard InChI is InChI=1S/C21H25BrN2O3/c1-4-23(5-2)13-14-24-18-8-6-7-17(22)19(18)21(26,20(24)25)15-9-11-16(27-3)12-10-15/h6-12,26H,4-5,13-14H2,1-3H3. The molecule has 0 radical (unpaired) electrons. The van der Waals surface area contributed by atoms with Crippen LogP contribution in [0.2, 0.25) is 0 Å². The fourth-order valence-corrected chi connectivity index (χ4v) is 4.25. The Hall–Kier alpha value is -1.89. The third-order valence-electron chi connectivity index (χ3n) is 5.24. The number of hydrogen-bond acceptors (Lipinski definition) is 4. The Morgan fingerprint density at radius 3 is 2.41 bits per heavy atom. The number of aliphatic hydroxyl groups is 1. The van der Waals surface area contributed by atoms with Gasteiger partial charge in [0.1, 0.15) is 5.75 Å². The smallest absolute Gasteiger partial charge is 0.268 e. The molecule has 1 amide bonds. The van der Waals surface area contributed by atoms with E-state index in [0.29, 0.717) is 23.4 Å². The number of ether oxygens (including phenoxy) is 1. The second-order valence-electron chi connectivity index (χ2n) is 6.56. The largest absolute Gasteiger partial charge is 0.497 e. The first-order chi connectivity index (χ1) is 13.0. The summed E-state index contributed by atoms with van der Waals surface area (Å²) in [6.07, 6.45) is 0. The summed E-state index contributed by atoms with van der Waals surface area (Å²) < 4.78 is 5.92. The molecule has 0 aromatic heterocycles. The number of amides is 1. The van der Waals surface area contributed by atoms with Crippen LogP contribution < -0.4 is 9.64 Å². The molecule has 0 fully saturated rings. The van der Waals surface area contributed by atoms with Gasteiger partial charge in [-0.25, -0.2) is 0 Å². The van der Waals surface area contributed by atoms with E-state index in [4.69, 9.17) is 4.74 Å². The van der Waals surface area contributed by atoms with Crippen molar-refractivity contribution in [3.8, 4) is 5.75 Å². The normalized spacial score (nSPS) is 18.9. The van der Waals surface area contributed by atoms with Gasteiger partial charge in [0.05, 0.1) is 12.8 Å². The second kappa shape index (κ2) is 8.00. The van der Waals surface area contributed by atoms with Gasteiger partial charge < -0.3 is 19.6 Å². The van der Waals surface area contributed by atoms with Crippen molar-refractivity contribution < 1.29 is 14.6 Å². The quantitative estimate of drug-likeness (QED) is 0.728. The van der Waals surface area contributed by atoms with Gasteiger partial charge in [0.15, 0.2) is 5.60 Å². The predicted molar refractivity (Wildman–Crippen MR) is 110 cm³/mol. The molecule has 0 saturated carbocycles. The number of hydrogen-bond donors (Lipinski definition) is 1. The highest BCUT2D eigenvalue weighted by molar-refractivity contribution is 9.10. The highest BCUT2D eigenvalue weighted by Gasteiger charge is 2.52. The third-order valence-corrected chi connectivity index (χ3v) is 5.90. The van der Waals surface area contributed by atoms with Crippen LogP contribution in [-0.2, 0) is 10.4 Å². The van der Waals surface area contributed by atoms with E-state index in [2.05, 4.69) is 34.7 Å². The van der Waals surface area contributed by atoms with Crippen LogP contribution in [0.1, 0.15) is 25.0 Å². The maximum absolute atomic E-state index is 13.4. The van der Waals surface area contributed by atoms with Gasteiger partial charge in [0.25, 0.3) is 5.91 Å². The zero-order chi connectivity index (χ0) is 19.6. The van der Waals surface area contributed by atoms with Crippen LogP contribution in [0, 0.1) is 0 Å². The Balaban J connectivity index is 2.04. The minimum atomic E-state index is -1.72. The molecule has 6 heteroatoms. The number of halogens is 1. The lowest BCUT2D eigenvalue weighted by Crippen LogP contribution is -2.44. The zero-order valence-corrected chi connectivity index (χ0v) is 17.5. The van der Waals surface area contributed by atoms with Crippen LogP contribution in [0.3, 0.4) is 0 Å². The van der Waals surface area contributed by atoms with E-state index in [1.54, 1.807) is 36.3 Å². The Morgan fingerprint density at radius 2 is 1.81 bits per heavy atom. The van der Waals surface area contributed by atoms with Crippen molar-refractivity contribution >= 4 is 27.5 Å². The molecule has 1 aliphatic rings. The van der Waals surface area contributed by atoms with Crippen LogP contribution >= 0.6 is 15.9 Å². The summed E-state index contributed by atoms with van der Waals surface area (Å²) in [4.78, 5) is 17.3. The second-order valence-corrected chi connectivity index (χ2v) is 7.41. The van der Waals surface area contributed by atoms with Gasteiger partial charge in [-0.05, 0) is 42.9 Å². The zero-order valence-electron chi connectivity index (χ0n) is 15.9. The number of nitrogens with zero attached hydrogens (tertiary/aromatic N) is 2. The van der Waals surface area contributed by atoms with Crippen molar-refractivity contribution in [2.75, 3.05) is 38.2 Å². The number of fused-ring (bicyclic) bond motifs is 1. The van der Waals surface area contributed by atoms with E-state index in [1.807, 2.05) is 18.2 Å². The molecule has 3 rings (SSSR count). The summed E-state index contributed by atoms with van der Waals surface area (Å²) in [5, 5.41) is 11.6. The van der Waals surface area contributed by atoms with Gasteiger partial charge in [-0.1, -0.05) is 48.0 Å². The van der Waals surface area contributed by atoms with Crippen molar-refractivity contribution in [1.82, 2.24) is 4.90 Å². The highest BCUT2D eigenvalue weighted by Crippen LogP contribution is 2.47. The van der Waals surface area contributed by atoms with Crippen molar-refractivity contribution in [3.63, 3.8) is 0 Å². The molecule has 1 heterocycles. The highest BCUT2D eigenvalue weighted by atomic mass is 79.9. The first-order valence-corrected chi connectivity index (χ1v) is 9.96. The van der Waals surface area contributed by atoms with E-state index >= 15 is 0 Å². The number of methoxy groups -OCH3 is 1. The first-order valence-electron chi connectivity index (χ1n) is 9.17. The van der Waals surface area contributed by atoms with Gasteiger partial charge in [-0.2, -0.15) is 0 Å². The fourth-order valence-electron chi connectivity index (χ4n) is 3.61. The summed E-state index contributed by atoms with van der Waals surface area (Å²) >= 11 is 3.54. The van der Waals surface area contributed by atoms with Crippen LogP contribution in [0.5, 0.6) is 5.75 Å². The molecule has 1 atom stereocenters. The Morgan fingerprint density at radius 1 is 1.15 bits per heavy atom. The number of anilines is 1. The topological polar surface area (TPSA) is 53.0 Å². The summed E-state index contributed by atoms with van der Waals surface area (Å²) in [7, 11) is 1.59. The number of carbonyl (C=O) groups is 1. The van der Waals surface area contributed by atoms with Gasteiger partial charge in [-0.3, -0.25) is 4.79 Å². The average Bonchev–Trinajstić information content (AvgIpc) is 2.92. The molecule has 1 unspecified atom stereocenters. The van der Waals surface area contributed by atoms with Crippen LogP contribution in [-0.4, -0.2) is 49.2 Å². The molecule has 2 aromatic rings. The van der Waals surface area contributed by atoms with Crippen LogP contribution in [0.15, 0.2) is 46.9 Å². The Bertz CT molecular complexity index is 821. The van der Waals surface area contributed by atoms with Crippen molar-refractivity contribution in [2.45, 2.75) is 19.4 Å². The Kier molecular flexibility index (Phi) is 5.89. The van der Waals surface area contributed by atoms with Gasteiger partial charge in [-0.15, -0.1) is 0 Å². The fraction of sp³-hybridized carbons (Fsp3) is 0.381. The van der Waals surface area contributed by atoms with Gasteiger partial charge in [0, 0.05) is 23.1 Å². The van der Waals surface area contributed by atoms with E-state index < -0.39 is 5.60 Å². The molecule has 0 aliphatic carbocycles. The SMILES string of the molecule is CCN(CC)CCN1C(=O)C(O)(c2ccc(OC)cc2)c2c(Br)cccc21. The van der Waals surface area contributed by atoms with Gasteiger partial charge >= 0.3 is 0 Å². The molecule has 1 aliphatic heterocycles. The maximum atomic E-state index is 13.4. The predicted octanol–water partition coefficient (Wildman–Crippen LogP) is 3.38. The minimum absolute atomic E-state index is 0.318. The maximum Gasteiger partial charge on any atom is 0.268 e. The van der Waals surface area contributed by atoms with E-state index in [-0.39, 0.29) is 5.91 Å². The number of benzene rings is 2. The Labute approximate surface area is 168 Å². The monoisotopic (exact) mass is 432 g/mol. The summed E-state index contributed by atoms with van der Waals surface area (Å²) in [5.41, 5.74) is 0.164. The molecule has 0 bridgehead atoms. The van der Waals surface area contributed by atoms with E-state index in [0.717, 1.165) is 29.8 Å². The minimum Gasteiger partial charge on any atom is -0.497 e. The van der Waals surface area contributed by atoms with E-state index in [9.17, 15) is 9.90 Å². The average molecular weight is 433 g/mol. The number of likely N-dealkylation sites (N-methyl/N-ethyl adjacent to an activating group) is 1. The first kappa shape index (κ1) is 19.9. The third kappa shape index (κ3) is 3.37. The van der Waals surface area contributed by atoms with Crippen molar-refractivity contribution in [3.05, 3.63) is 58.1 Å². The summed E-state index contributed by atoms with van der Waals surface area (Å²) in [6.45, 7) is 7.34. The van der Waals surface area contributed by atoms with Gasteiger partial charge in [0.2, 0.25) is 0 Å². The molecule has 5 nitrogen and oxygen atoms in total. The molecule has 1 N–H and O–H groups in total. The number of carbonyl (C=O) groups excluding carboxylic acids is 1. The lowest BCUT2D eigenvalue weighted by Gasteiger charge is -2.26. The van der Waals surface area contributed by atoms with Crippen molar-refractivity contribution in [1.29, 1.82) is 0 Å². The number of rotatable bonds is 7. The molecule has 144 valence electrons. The molecule has 27 heavy (non-hydrogen) atoms. The molecule has 0 spiro atoms. The molecule has 0 saturated heterocycles. The summed E-state index contributed by atoms with van der Waals surface area (Å²) in [6, 6.07) is 12.6. The lowest BCUT2D eigenvalue weighted by molar-refractivity contribution is -0.132. The lowest BCUT2D eigenvalue weighted by atomic mass is 9.87. The molecular formula is C21H25BrN2O3. The molecular weight excluding hydrogens is 408 g/mol. The van der Waals surface area contributed by atoms with Crippen molar-refractivity contribution in [2.24, 2.45) is 0 Å². The van der Waals surface area contributed by atoms with Crippen LogP contribution in [0.25, 0.3) is 0 Å². The molecule has 2 aromatic carbocycles.